The summed E-state index contributed by atoms with van der Waals surface area (Å²) in [6, 6.07) is 12.1. The number of hydrogen-bond donors (Lipinski definition) is 1. The maximum atomic E-state index is 12.5. The number of nitrogens with one attached hydrogen (secondary N) is 1. The third-order valence-corrected chi connectivity index (χ3v) is 4.82. The van der Waals surface area contributed by atoms with Crippen molar-refractivity contribution < 1.29 is 9.59 Å². The molecule has 25 heavy (non-hydrogen) atoms. The van der Waals surface area contributed by atoms with E-state index in [1.807, 2.05) is 38.1 Å². The predicted molar refractivity (Wildman–Crippen MR) is 98.8 cm³/mol. The zero-order valence-corrected chi connectivity index (χ0v) is 15.2. The molecule has 0 spiro atoms. The second-order valence-corrected chi connectivity index (χ2v) is 7.03. The molecule has 0 bridgehead atoms. The first-order chi connectivity index (χ1) is 11.9. The molecule has 2 amide bonds. The Morgan fingerprint density at radius 2 is 1.68 bits per heavy atom. The number of amides is 2. The van der Waals surface area contributed by atoms with Crippen LogP contribution in [0.5, 0.6) is 0 Å². The summed E-state index contributed by atoms with van der Waals surface area (Å²) < 4.78 is 2.17. The van der Waals surface area contributed by atoms with Crippen molar-refractivity contribution in [2.45, 2.75) is 40.2 Å². The van der Waals surface area contributed by atoms with Crippen molar-refractivity contribution in [1.82, 2.24) is 9.47 Å². The summed E-state index contributed by atoms with van der Waals surface area (Å²) in [5.41, 5.74) is 4.17. The monoisotopic (exact) mass is 339 g/mol. The first kappa shape index (κ1) is 17.3. The van der Waals surface area contributed by atoms with E-state index >= 15 is 0 Å². The summed E-state index contributed by atoms with van der Waals surface area (Å²) in [6.07, 6.45) is 0.295. The Labute approximate surface area is 148 Å². The summed E-state index contributed by atoms with van der Waals surface area (Å²) in [7, 11) is 0. The normalized spacial score (nSPS) is 17.4. The van der Waals surface area contributed by atoms with Crippen LogP contribution in [0.1, 0.15) is 31.7 Å². The lowest BCUT2D eigenvalue weighted by molar-refractivity contribution is -0.129. The molecular weight excluding hydrogens is 314 g/mol. The van der Waals surface area contributed by atoms with E-state index in [9.17, 15) is 9.59 Å². The van der Waals surface area contributed by atoms with E-state index < -0.39 is 0 Å². The molecule has 1 saturated heterocycles. The Balaban J connectivity index is 1.68. The van der Waals surface area contributed by atoms with Gasteiger partial charge < -0.3 is 14.8 Å². The zero-order chi connectivity index (χ0) is 18.1. The molecule has 0 saturated carbocycles. The van der Waals surface area contributed by atoms with Crippen molar-refractivity contribution in [3.05, 3.63) is 47.8 Å². The van der Waals surface area contributed by atoms with Gasteiger partial charge in [-0.05, 0) is 64.1 Å². The molecule has 0 radical (unpaired) electrons. The highest BCUT2D eigenvalue weighted by Gasteiger charge is 2.35. The van der Waals surface area contributed by atoms with E-state index in [2.05, 4.69) is 35.9 Å². The van der Waals surface area contributed by atoms with E-state index in [1.54, 1.807) is 4.90 Å². The minimum absolute atomic E-state index is 0.0593. The topological polar surface area (TPSA) is 54.3 Å². The molecule has 5 nitrogen and oxygen atoms in total. The van der Waals surface area contributed by atoms with Crippen LogP contribution in [0.15, 0.2) is 36.4 Å². The first-order valence-electron chi connectivity index (χ1n) is 8.72. The number of aryl methyl sites for hydroxylation is 2. The van der Waals surface area contributed by atoms with Crippen LogP contribution in [0.25, 0.3) is 5.69 Å². The van der Waals surface area contributed by atoms with Gasteiger partial charge in [0.1, 0.15) is 0 Å². The van der Waals surface area contributed by atoms with Crippen LogP contribution in [0.3, 0.4) is 0 Å². The SMILES string of the molecule is Cc1ccc(C)n1-c1ccc(NC(=O)[C@@H]2CC(=O)N(C(C)C)C2)cc1. The Bertz CT molecular complexity index is 770. The highest BCUT2D eigenvalue weighted by Crippen LogP contribution is 2.23. The Morgan fingerprint density at radius 3 is 2.20 bits per heavy atom. The van der Waals surface area contributed by atoms with Crippen LogP contribution >= 0.6 is 0 Å². The maximum absolute atomic E-state index is 12.5. The zero-order valence-electron chi connectivity index (χ0n) is 15.2. The van der Waals surface area contributed by atoms with Gasteiger partial charge >= 0.3 is 0 Å². The molecule has 1 aromatic heterocycles. The number of aromatic nitrogens is 1. The van der Waals surface area contributed by atoms with Gasteiger partial charge in [-0.3, -0.25) is 9.59 Å². The molecule has 0 unspecified atom stereocenters. The van der Waals surface area contributed by atoms with Gasteiger partial charge in [-0.2, -0.15) is 0 Å². The fraction of sp³-hybridized carbons (Fsp3) is 0.400. The van der Waals surface area contributed by atoms with Crippen LogP contribution in [-0.4, -0.2) is 33.9 Å². The molecule has 1 aromatic carbocycles. The fourth-order valence-corrected chi connectivity index (χ4v) is 3.42. The van der Waals surface area contributed by atoms with Crippen LogP contribution in [0.4, 0.5) is 5.69 Å². The molecule has 1 aliphatic rings. The van der Waals surface area contributed by atoms with Crippen molar-refractivity contribution in [2.75, 3.05) is 11.9 Å². The Hall–Kier alpha value is -2.56. The van der Waals surface area contributed by atoms with Crippen LogP contribution in [0.2, 0.25) is 0 Å². The lowest BCUT2D eigenvalue weighted by atomic mass is 10.1. The number of carbonyl (C=O) groups excluding carboxylic acids is 2. The Kier molecular flexibility index (Phi) is 4.66. The molecule has 1 aliphatic heterocycles. The van der Waals surface area contributed by atoms with Gasteiger partial charge in [0, 0.05) is 41.8 Å². The van der Waals surface area contributed by atoms with Crippen LogP contribution < -0.4 is 5.32 Å². The minimum atomic E-state index is -0.275. The standard InChI is InChI=1S/C20H25N3O2/c1-13(2)22-12-16(11-19(22)24)20(25)21-17-7-9-18(10-8-17)23-14(3)5-6-15(23)4/h5-10,13,16H,11-12H2,1-4H3,(H,21,25)/t16-/m1/s1. The lowest BCUT2D eigenvalue weighted by Gasteiger charge is -2.20. The molecule has 1 atom stereocenters. The van der Waals surface area contributed by atoms with Gasteiger partial charge in [0.15, 0.2) is 0 Å². The number of nitrogens with zero attached hydrogens (tertiary/aromatic N) is 2. The average molecular weight is 339 g/mol. The van der Waals surface area contributed by atoms with E-state index in [-0.39, 0.29) is 23.8 Å². The molecule has 0 aliphatic carbocycles. The van der Waals surface area contributed by atoms with Gasteiger partial charge in [-0.1, -0.05) is 0 Å². The average Bonchev–Trinajstić information content (AvgIpc) is 3.11. The van der Waals surface area contributed by atoms with E-state index in [0.717, 1.165) is 11.4 Å². The lowest BCUT2D eigenvalue weighted by Crippen LogP contribution is -2.33. The van der Waals surface area contributed by atoms with Crippen molar-refractivity contribution in [2.24, 2.45) is 5.92 Å². The third kappa shape index (κ3) is 3.45. The highest BCUT2D eigenvalue weighted by molar-refractivity contribution is 5.97. The Morgan fingerprint density at radius 1 is 1.08 bits per heavy atom. The second-order valence-electron chi connectivity index (χ2n) is 7.03. The summed E-state index contributed by atoms with van der Waals surface area (Å²) in [4.78, 5) is 26.2. The van der Waals surface area contributed by atoms with Gasteiger partial charge in [-0.15, -0.1) is 0 Å². The predicted octanol–water partition coefficient (Wildman–Crippen LogP) is 3.29. The number of rotatable bonds is 4. The third-order valence-electron chi connectivity index (χ3n) is 4.82. The molecule has 2 aromatic rings. The van der Waals surface area contributed by atoms with Gasteiger partial charge in [0.25, 0.3) is 0 Å². The van der Waals surface area contributed by atoms with Crippen molar-refractivity contribution in [3.63, 3.8) is 0 Å². The van der Waals surface area contributed by atoms with Gasteiger partial charge in [-0.25, -0.2) is 0 Å². The van der Waals surface area contributed by atoms with Crippen LogP contribution in [-0.2, 0) is 9.59 Å². The number of anilines is 1. The smallest absolute Gasteiger partial charge is 0.229 e. The highest BCUT2D eigenvalue weighted by atomic mass is 16.2. The number of hydrogen-bond acceptors (Lipinski definition) is 2. The second kappa shape index (κ2) is 6.75. The largest absolute Gasteiger partial charge is 0.339 e. The fourth-order valence-electron chi connectivity index (χ4n) is 3.42. The molecule has 2 heterocycles. The summed E-state index contributed by atoms with van der Waals surface area (Å²) in [5, 5.41) is 2.94. The number of benzene rings is 1. The van der Waals surface area contributed by atoms with Gasteiger partial charge in [0.2, 0.25) is 11.8 Å². The van der Waals surface area contributed by atoms with Crippen molar-refractivity contribution >= 4 is 17.5 Å². The molecule has 3 rings (SSSR count). The quantitative estimate of drug-likeness (QED) is 0.929. The van der Waals surface area contributed by atoms with E-state index in [4.69, 9.17) is 0 Å². The summed E-state index contributed by atoms with van der Waals surface area (Å²) in [5.74, 6) is -0.301. The summed E-state index contributed by atoms with van der Waals surface area (Å²) in [6.45, 7) is 8.59. The summed E-state index contributed by atoms with van der Waals surface area (Å²) >= 11 is 0. The van der Waals surface area contributed by atoms with E-state index in [0.29, 0.717) is 13.0 Å². The van der Waals surface area contributed by atoms with Crippen molar-refractivity contribution in [1.29, 1.82) is 0 Å². The minimum Gasteiger partial charge on any atom is -0.339 e. The number of carbonyl (C=O) groups is 2. The molecular formula is C20H25N3O2. The van der Waals surface area contributed by atoms with Crippen molar-refractivity contribution in [3.8, 4) is 5.69 Å². The molecule has 132 valence electrons. The molecule has 5 heteroatoms. The maximum Gasteiger partial charge on any atom is 0.229 e. The molecule has 1 fully saturated rings. The molecule has 1 N–H and O–H groups in total. The van der Waals surface area contributed by atoms with Gasteiger partial charge in [0.05, 0.1) is 5.92 Å². The number of likely N-dealkylation sites (tertiary alicyclic amines) is 1. The first-order valence-corrected chi connectivity index (χ1v) is 8.72. The van der Waals surface area contributed by atoms with Crippen LogP contribution in [0, 0.1) is 19.8 Å². The van der Waals surface area contributed by atoms with E-state index in [1.165, 1.54) is 11.4 Å².